The topological polar surface area (TPSA) is 135 Å². The lowest BCUT2D eigenvalue weighted by Crippen LogP contribution is -2.37. The summed E-state index contributed by atoms with van der Waals surface area (Å²) in [5.74, 6) is -1.34. The molecule has 0 fully saturated rings. The molecule has 2 aromatic carbocycles. The first-order chi connectivity index (χ1) is 10.9. The van der Waals surface area contributed by atoms with Crippen LogP contribution in [0.25, 0.3) is 21.8 Å². The average Bonchev–Trinajstić information content (AvgIpc) is 2.50. The van der Waals surface area contributed by atoms with Crippen LogP contribution in [0.3, 0.4) is 0 Å². The van der Waals surface area contributed by atoms with Crippen molar-refractivity contribution in [1.29, 1.82) is 0 Å². The third-order valence-electron chi connectivity index (χ3n) is 3.46. The molecule has 0 spiro atoms. The number of nitro benzene ring substituents is 1. The molecule has 9 nitrogen and oxygen atoms in total. The maximum absolute atomic E-state index is 11.9. The quantitative estimate of drug-likeness (QED) is 0.318. The molecule has 9 heteroatoms. The zero-order valence-corrected chi connectivity index (χ0v) is 11.5. The highest BCUT2D eigenvalue weighted by Gasteiger charge is 2.19. The Morgan fingerprint density at radius 3 is 2.52 bits per heavy atom. The zero-order chi connectivity index (χ0) is 16.7. The van der Waals surface area contributed by atoms with Crippen molar-refractivity contribution >= 4 is 33.5 Å². The number of aromatic nitrogens is 2. The van der Waals surface area contributed by atoms with Crippen LogP contribution in [0.5, 0.6) is 0 Å². The minimum absolute atomic E-state index is 0.0117. The molecule has 2 N–H and O–H groups in total. The Bertz CT molecular complexity index is 1100. The van der Waals surface area contributed by atoms with Crippen molar-refractivity contribution < 1.29 is 14.8 Å². The van der Waals surface area contributed by atoms with E-state index in [-0.39, 0.29) is 22.1 Å². The number of carboxylic acids is 1. The van der Waals surface area contributed by atoms with Crippen LogP contribution in [-0.2, 0) is 11.3 Å². The second kappa shape index (κ2) is 5.05. The molecule has 3 rings (SSSR count). The minimum atomic E-state index is -1.34. The maximum atomic E-state index is 11.9. The Kier molecular flexibility index (Phi) is 3.17. The number of carbonyl (C=O) groups is 1. The summed E-state index contributed by atoms with van der Waals surface area (Å²) in [4.78, 5) is 47.7. The van der Waals surface area contributed by atoms with Crippen molar-refractivity contribution in [3.05, 3.63) is 61.2 Å². The minimum Gasteiger partial charge on any atom is -0.480 e. The number of H-pyrrole nitrogens is 1. The van der Waals surface area contributed by atoms with Crippen molar-refractivity contribution in [2.24, 2.45) is 0 Å². The Labute approximate surface area is 126 Å². The molecular formula is C14H9N3O6. The van der Waals surface area contributed by atoms with Crippen LogP contribution < -0.4 is 11.1 Å². The molecule has 0 amide bonds. The summed E-state index contributed by atoms with van der Waals surface area (Å²) in [6.45, 7) is -0.769. The van der Waals surface area contributed by atoms with E-state index in [0.29, 0.717) is 5.39 Å². The lowest BCUT2D eigenvalue weighted by Gasteiger charge is -2.10. The molecule has 0 atom stereocenters. The highest BCUT2D eigenvalue weighted by Crippen LogP contribution is 2.31. The van der Waals surface area contributed by atoms with E-state index in [9.17, 15) is 24.5 Å². The largest absolute Gasteiger partial charge is 0.480 e. The van der Waals surface area contributed by atoms with Crippen LogP contribution in [0.15, 0.2) is 39.9 Å². The van der Waals surface area contributed by atoms with E-state index in [2.05, 4.69) is 4.98 Å². The number of nitro groups is 1. The maximum Gasteiger partial charge on any atom is 0.323 e. The van der Waals surface area contributed by atoms with Gasteiger partial charge in [-0.3, -0.25) is 29.1 Å². The second-order valence-electron chi connectivity index (χ2n) is 4.83. The summed E-state index contributed by atoms with van der Waals surface area (Å²) in [6.07, 6.45) is 0. The van der Waals surface area contributed by atoms with Gasteiger partial charge in [0.05, 0.1) is 21.3 Å². The number of aromatic amines is 1. The number of nitrogens with zero attached hydrogens (tertiary/aromatic N) is 2. The highest BCUT2D eigenvalue weighted by atomic mass is 16.6. The SMILES string of the molecule is O=C(O)Cn1c(=O)c(=O)[nH]c2c3ccccc3c([N+](=O)[O-])cc21. The van der Waals surface area contributed by atoms with Gasteiger partial charge in [0, 0.05) is 11.5 Å². The summed E-state index contributed by atoms with van der Waals surface area (Å²) >= 11 is 0. The van der Waals surface area contributed by atoms with Gasteiger partial charge in [-0.1, -0.05) is 18.2 Å². The van der Waals surface area contributed by atoms with E-state index in [1.165, 1.54) is 6.07 Å². The summed E-state index contributed by atoms with van der Waals surface area (Å²) in [5, 5.41) is 20.8. The summed E-state index contributed by atoms with van der Waals surface area (Å²) in [7, 11) is 0. The predicted octanol–water partition coefficient (Wildman–Crippen LogP) is 0.836. The van der Waals surface area contributed by atoms with Crippen LogP contribution in [0, 0.1) is 10.1 Å². The Morgan fingerprint density at radius 2 is 1.91 bits per heavy atom. The van der Waals surface area contributed by atoms with E-state index in [1.54, 1.807) is 18.2 Å². The Balaban J connectivity index is 2.61. The van der Waals surface area contributed by atoms with E-state index < -0.39 is 28.6 Å². The number of hydrogen-bond donors (Lipinski definition) is 2. The van der Waals surface area contributed by atoms with Gasteiger partial charge in [-0.15, -0.1) is 0 Å². The molecule has 0 saturated heterocycles. The van der Waals surface area contributed by atoms with Crippen LogP contribution in [-0.4, -0.2) is 25.6 Å². The number of carboxylic acid groups (broad SMARTS) is 1. The van der Waals surface area contributed by atoms with Crippen molar-refractivity contribution in [2.75, 3.05) is 0 Å². The van der Waals surface area contributed by atoms with E-state index >= 15 is 0 Å². The number of hydrogen-bond acceptors (Lipinski definition) is 5. The number of fused-ring (bicyclic) bond motifs is 3. The van der Waals surface area contributed by atoms with Gasteiger partial charge in [0.2, 0.25) is 0 Å². The van der Waals surface area contributed by atoms with Crippen molar-refractivity contribution in [3.63, 3.8) is 0 Å². The number of benzene rings is 2. The van der Waals surface area contributed by atoms with E-state index in [0.717, 1.165) is 10.6 Å². The van der Waals surface area contributed by atoms with Crippen LogP contribution in [0.2, 0.25) is 0 Å². The van der Waals surface area contributed by atoms with Gasteiger partial charge in [-0.25, -0.2) is 0 Å². The number of nitrogens with one attached hydrogen (secondary N) is 1. The molecule has 0 unspecified atom stereocenters. The molecule has 3 aromatic rings. The lowest BCUT2D eigenvalue weighted by atomic mass is 10.1. The van der Waals surface area contributed by atoms with Crippen molar-refractivity contribution in [1.82, 2.24) is 9.55 Å². The molecule has 0 aliphatic rings. The fourth-order valence-corrected chi connectivity index (χ4v) is 2.53. The zero-order valence-electron chi connectivity index (χ0n) is 11.5. The van der Waals surface area contributed by atoms with E-state index in [4.69, 9.17) is 5.11 Å². The molecule has 0 aliphatic carbocycles. The monoisotopic (exact) mass is 315 g/mol. The predicted molar refractivity (Wildman–Crippen MR) is 80.6 cm³/mol. The molecule has 0 aliphatic heterocycles. The molecular weight excluding hydrogens is 306 g/mol. The van der Waals surface area contributed by atoms with Crippen molar-refractivity contribution in [2.45, 2.75) is 6.54 Å². The average molecular weight is 315 g/mol. The summed E-state index contributed by atoms with van der Waals surface area (Å²) in [6, 6.07) is 7.38. The number of non-ortho nitro benzene ring substituents is 1. The van der Waals surface area contributed by atoms with E-state index in [1.807, 2.05) is 0 Å². The molecule has 0 bridgehead atoms. The molecule has 0 radical (unpaired) electrons. The molecule has 0 saturated carbocycles. The van der Waals surface area contributed by atoms with Crippen LogP contribution >= 0.6 is 0 Å². The third-order valence-corrected chi connectivity index (χ3v) is 3.46. The van der Waals surface area contributed by atoms with Crippen molar-refractivity contribution in [3.8, 4) is 0 Å². The van der Waals surface area contributed by atoms with Gasteiger partial charge in [0.1, 0.15) is 6.54 Å². The Morgan fingerprint density at radius 1 is 1.26 bits per heavy atom. The summed E-state index contributed by atoms with van der Waals surface area (Å²) < 4.78 is 0.718. The van der Waals surface area contributed by atoms with Gasteiger partial charge in [-0.05, 0) is 6.07 Å². The summed E-state index contributed by atoms with van der Waals surface area (Å²) in [5.41, 5.74) is -2.18. The fourth-order valence-electron chi connectivity index (χ4n) is 2.53. The van der Waals surface area contributed by atoms with Crippen LogP contribution in [0.1, 0.15) is 0 Å². The normalized spacial score (nSPS) is 11.0. The fraction of sp³-hybridized carbons (Fsp3) is 0.0714. The number of aliphatic carboxylic acids is 1. The molecule has 23 heavy (non-hydrogen) atoms. The molecule has 116 valence electrons. The highest BCUT2D eigenvalue weighted by molar-refractivity contribution is 6.08. The lowest BCUT2D eigenvalue weighted by molar-refractivity contribution is -0.383. The Hall–Kier alpha value is -3.49. The van der Waals surface area contributed by atoms with Gasteiger partial charge in [0.25, 0.3) is 5.69 Å². The molecule has 1 heterocycles. The first kappa shape index (κ1) is 14.4. The van der Waals surface area contributed by atoms with Crippen LogP contribution in [0.4, 0.5) is 5.69 Å². The van der Waals surface area contributed by atoms with Gasteiger partial charge in [0.15, 0.2) is 0 Å². The van der Waals surface area contributed by atoms with Gasteiger partial charge < -0.3 is 10.1 Å². The third kappa shape index (κ3) is 2.24. The second-order valence-corrected chi connectivity index (χ2v) is 4.83. The first-order valence-electron chi connectivity index (χ1n) is 6.45. The van der Waals surface area contributed by atoms with Gasteiger partial charge >= 0.3 is 17.1 Å². The molecule has 1 aromatic heterocycles. The standard InChI is InChI=1S/C14H9N3O6/c18-11(19)6-16-10-5-9(17(22)23)7-3-1-2-4-8(7)12(10)15-13(20)14(16)21/h1-5H,6H2,(H,15,20)(H,18,19). The first-order valence-corrected chi connectivity index (χ1v) is 6.45. The smallest absolute Gasteiger partial charge is 0.323 e. The van der Waals surface area contributed by atoms with Gasteiger partial charge in [-0.2, -0.15) is 0 Å². The number of rotatable bonds is 3.